The summed E-state index contributed by atoms with van der Waals surface area (Å²) in [6, 6.07) is 8.28. The van der Waals surface area contributed by atoms with Gasteiger partial charge in [-0.25, -0.2) is 8.42 Å². The van der Waals surface area contributed by atoms with Crippen molar-refractivity contribution in [2.45, 2.75) is 11.3 Å². The van der Waals surface area contributed by atoms with Gasteiger partial charge in [-0.15, -0.1) is 13.2 Å². The van der Waals surface area contributed by atoms with Crippen molar-refractivity contribution in [1.82, 2.24) is 0 Å². The molecule has 0 fully saturated rings. The third kappa shape index (κ3) is 4.66. The topological polar surface area (TPSA) is 55.4 Å². The van der Waals surface area contributed by atoms with E-state index in [4.69, 9.17) is 23.2 Å². The molecule has 0 aliphatic heterocycles. The molecule has 23 heavy (non-hydrogen) atoms. The number of benzene rings is 2. The number of rotatable bonds is 4. The second kappa shape index (κ2) is 6.46. The van der Waals surface area contributed by atoms with Crippen molar-refractivity contribution in [2.24, 2.45) is 0 Å². The molecule has 2 aromatic rings. The van der Waals surface area contributed by atoms with E-state index in [0.717, 1.165) is 24.3 Å². The molecular formula is C13H8Cl2F3NO3S. The monoisotopic (exact) mass is 385 g/mol. The molecule has 124 valence electrons. The van der Waals surface area contributed by atoms with E-state index in [9.17, 15) is 21.6 Å². The predicted octanol–water partition coefficient (Wildman–Crippen LogP) is 4.69. The lowest BCUT2D eigenvalue weighted by atomic mass is 10.3. The summed E-state index contributed by atoms with van der Waals surface area (Å²) < 4.78 is 66.9. The Hall–Kier alpha value is -1.64. The normalized spacial score (nSPS) is 12.0. The van der Waals surface area contributed by atoms with Crippen molar-refractivity contribution in [2.75, 3.05) is 4.72 Å². The van der Waals surface area contributed by atoms with Crippen molar-refractivity contribution in [3.05, 3.63) is 52.5 Å². The van der Waals surface area contributed by atoms with Crippen LogP contribution in [0.2, 0.25) is 10.0 Å². The van der Waals surface area contributed by atoms with Crippen LogP contribution in [0, 0.1) is 0 Å². The Balaban J connectivity index is 2.35. The first-order chi connectivity index (χ1) is 10.6. The Morgan fingerprint density at radius 1 is 1.00 bits per heavy atom. The standard InChI is InChI=1S/C13H8Cl2F3NO3S/c14-10-5-2-6-11(15)12(10)19-23(20,21)9-4-1-3-8(7-9)22-13(16,17)18/h1-7,19H. The summed E-state index contributed by atoms with van der Waals surface area (Å²) in [6.45, 7) is 0. The van der Waals surface area contributed by atoms with Gasteiger partial charge in [0, 0.05) is 6.07 Å². The first kappa shape index (κ1) is 17.7. The van der Waals surface area contributed by atoms with Crippen LogP contribution in [0.4, 0.5) is 18.9 Å². The number of hydrogen-bond acceptors (Lipinski definition) is 3. The van der Waals surface area contributed by atoms with Gasteiger partial charge >= 0.3 is 6.36 Å². The highest BCUT2D eigenvalue weighted by atomic mass is 35.5. The molecule has 4 nitrogen and oxygen atoms in total. The lowest BCUT2D eigenvalue weighted by Gasteiger charge is -2.13. The van der Waals surface area contributed by atoms with Gasteiger partial charge in [0.15, 0.2) is 0 Å². The molecule has 0 aromatic heterocycles. The van der Waals surface area contributed by atoms with Crippen LogP contribution in [-0.4, -0.2) is 14.8 Å². The van der Waals surface area contributed by atoms with E-state index in [1.54, 1.807) is 0 Å². The smallest absolute Gasteiger partial charge is 0.406 e. The van der Waals surface area contributed by atoms with Crippen LogP contribution in [0.25, 0.3) is 0 Å². The van der Waals surface area contributed by atoms with Crippen LogP contribution < -0.4 is 9.46 Å². The summed E-state index contributed by atoms with van der Waals surface area (Å²) in [6.07, 6.45) is -4.93. The van der Waals surface area contributed by atoms with Gasteiger partial charge < -0.3 is 4.74 Å². The minimum Gasteiger partial charge on any atom is -0.406 e. The zero-order valence-electron chi connectivity index (χ0n) is 11.1. The number of anilines is 1. The lowest BCUT2D eigenvalue weighted by Crippen LogP contribution is -2.18. The number of hydrogen-bond donors (Lipinski definition) is 1. The van der Waals surface area contributed by atoms with Crippen molar-refractivity contribution < 1.29 is 26.3 Å². The molecule has 1 N–H and O–H groups in total. The summed E-state index contributed by atoms with van der Waals surface area (Å²) in [4.78, 5) is -0.435. The molecule has 2 rings (SSSR count). The van der Waals surface area contributed by atoms with E-state index in [-0.39, 0.29) is 15.7 Å². The molecule has 0 atom stereocenters. The molecule has 0 saturated carbocycles. The van der Waals surface area contributed by atoms with Crippen molar-refractivity contribution in [3.63, 3.8) is 0 Å². The largest absolute Gasteiger partial charge is 0.573 e. The molecule has 0 bridgehead atoms. The molecule has 0 heterocycles. The van der Waals surface area contributed by atoms with Gasteiger partial charge in [-0.2, -0.15) is 0 Å². The van der Waals surface area contributed by atoms with E-state index < -0.39 is 27.0 Å². The Kier molecular flexibility index (Phi) is 4.98. The first-order valence-electron chi connectivity index (χ1n) is 5.91. The van der Waals surface area contributed by atoms with Crippen LogP contribution in [0.15, 0.2) is 47.4 Å². The average Bonchev–Trinajstić information content (AvgIpc) is 2.41. The van der Waals surface area contributed by atoms with Crippen LogP contribution >= 0.6 is 23.2 Å². The highest BCUT2D eigenvalue weighted by Gasteiger charge is 2.31. The zero-order valence-corrected chi connectivity index (χ0v) is 13.4. The van der Waals surface area contributed by atoms with Gasteiger partial charge in [-0.3, -0.25) is 4.72 Å². The minimum atomic E-state index is -4.93. The Labute approximate surface area is 139 Å². The van der Waals surface area contributed by atoms with Gasteiger partial charge in [0.05, 0.1) is 20.6 Å². The van der Waals surface area contributed by atoms with E-state index in [1.165, 1.54) is 18.2 Å². The van der Waals surface area contributed by atoms with E-state index in [0.29, 0.717) is 0 Å². The number of alkyl halides is 3. The second-order valence-corrected chi connectivity index (χ2v) is 6.72. The average molecular weight is 386 g/mol. The highest BCUT2D eigenvalue weighted by Crippen LogP contribution is 2.32. The molecule has 0 aliphatic rings. The van der Waals surface area contributed by atoms with Crippen LogP contribution in [0.1, 0.15) is 0 Å². The number of sulfonamides is 1. The van der Waals surface area contributed by atoms with Gasteiger partial charge in [0.1, 0.15) is 5.75 Å². The quantitative estimate of drug-likeness (QED) is 0.830. The minimum absolute atomic E-state index is 0.0452. The third-order valence-corrected chi connectivity index (χ3v) is 4.53. The Morgan fingerprint density at radius 2 is 1.57 bits per heavy atom. The predicted molar refractivity (Wildman–Crippen MR) is 80.4 cm³/mol. The molecule has 0 spiro atoms. The van der Waals surface area contributed by atoms with Gasteiger partial charge in [0.25, 0.3) is 10.0 Å². The number of halogens is 5. The fourth-order valence-corrected chi connectivity index (χ4v) is 3.37. The van der Waals surface area contributed by atoms with Crippen LogP contribution in [0.5, 0.6) is 5.75 Å². The maximum Gasteiger partial charge on any atom is 0.573 e. The third-order valence-electron chi connectivity index (χ3n) is 2.55. The fourth-order valence-electron chi connectivity index (χ4n) is 1.63. The maximum atomic E-state index is 12.3. The molecule has 0 saturated heterocycles. The van der Waals surface area contributed by atoms with Crippen LogP contribution in [-0.2, 0) is 10.0 Å². The van der Waals surface area contributed by atoms with Gasteiger partial charge in [-0.1, -0.05) is 35.3 Å². The lowest BCUT2D eigenvalue weighted by molar-refractivity contribution is -0.274. The van der Waals surface area contributed by atoms with Gasteiger partial charge in [0.2, 0.25) is 0 Å². The molecule has 0 unspecified atom stereocenters. The summed E-state index contributed by atoms with van der Waals surface area (Å²) in [5, 5.41) is 0.0903. The van der Waals surface area contributed by atoms with Crippen molar-refractivity contribution in [3.8, 4) is 5.75 Å². The maximum absolute atomic E-state index is 12.3. The molecular weight excluding hydrogens is 378 g/mol. The highest BCUT2D eigenvalue weighted by molar-refractivity contribution is 7.92. The summed E-state index contributed by atoms with van der Waals surface area (Å²) in [5.41, 5.74) is -0.0713. The number of para-hydroxylation sites is 1. The molecule has 0 amide bonds. The Morgan fingerprint density at radius 3 is 2.13 bits per heavy atom. The molecule has 10 heteroatoms. The second-order valence-electron chi connectivity index (χ2n) is 4.22. The first-order valence-corrected chi connectivity index (χ1v) is 8.15. The fraction of sp³-hybridized carbons (Fsp3) is 0.0769. The van der Waals surface area contributed by atoms with E-state index in [1.807, 2.05) is 0 Å². The van der Waals surface area contributed by atoms with Gasteiger partial charge in [-0.05, 0) is 24.3 Å². The zero-order chi connectivity index (χ0) is 17.3. The summed E-state index contributed by atoms with van der Waals surface area (Å²) in [7, 11) is -4.20. The van der Waals surface area contributed by atoms with Crippen molar-refractivity contribution in [1.29, 1.82) is 0 Å². The summed E-state index contributed by atoms with van der Waals surface area (Å²) >= 11 is 11.7. The molecule has 0 radical (unpaired) electrons. The van der Waals surface area contributed by atoms with E-state index in [2.05, 4.69) is 9.46 Å². The van der Waals surface area contributed by atoms with Crippen LogP contribution in [0.3, 0.4) is 0 Å². The SMILES string of the molecule is O=S(=O)(Nc1c(Cl)cccc1Cl)c1cccc(OC(F)(F)F)c1. The Bertz CT molecular complexity index is 805. The number of ether oxygens (including phenoxy) is 1. The molecule has 0 aliphatic carbocycles. The van der Waals surface area contributed by atoms with E-state index >= 15 is 0 Å². The van der Waals surface area contributed by atoms with Crippen molar-refractivity contribution >= 4 is 38.9 Å². The molecule has 2 aromatic carbocycles. The number of nitrogens with one attached hydrogen (secondary N) is 1. The summed E-state index contributed by atoms with van der Waals surface area (Å²) in [5.74, 6) is -0.661.